The van der Waals surface area contributed by atoms with Crippen molar-refractivity contribution in [1.82, 2.24) is 9.21 Å². The van der Waals surface area contributed by atoms with Gasteiger partial charge >= 0.3 is 5.97 Å². The summed E-state index contributed by atoms with van der Waals surface area (Å²) in [4.78, 5) is 12.6. The Morgan fingerprint density at radius 2 is 1.87 bits per heavy atom. The summed E-state index contributed by atoms with van der Waals surface area (Å²) in [5.74, 6) is -0.773. The largest absolute Gasteiger partial charge is 0.481 e. The Labute approximate surface area is 151 Å². The second kappa shape index (κ2) is 9.19. The lowest BCUT2D eigenvalue weighted by Crippen LogP contribution is -2.48. The van der Waals surface area contributed by atoms with Crippen molar-refractivity contribution in [2.75, 3.05) is 32.7 Å². The highest BCUT2D eigenvalue weighted by molar-refractivity contribution is 7.91. The highest BCUT2D eigenvalue weighted by Crippen LogP contribution is 2.28. The molecule has 10 heteroatoms. The van der Waals surface area contributed by atoms with Crippen molar-refractivity contribution >= 4 is 51.3 Å². The third-order valence-corrected chi connectivity index (χ3v) is 7.19. The zero-order chi connectivity index (χ0) is 16.2. The van der Waals surface area contributed by atoms with Crippen molar-refractivity contribution in [3.05, 3.63) is 16.5 Å². The molecule has 1 aromatic rings. The minimum Gasteiger partial charge on any atom is -0.481 e. The number of nitrogens with zero attached hydrogens (tertiary/aromatic N) is 2. The van der Waals surface area contributed by atoms with Crippen LogP contribution in [0.25, 0.3) is 0 Å². The SMILES string of the molecule is Cl.O=C(O)CCCCN1CCN(S(=O)(=O)c2ccc(Cl)s2)CC1. The lowest BCUT2D eigenvalue weighted by Gasteiger charge is -2.33. The van der Waals surface area contributed by atoms with Crippen LogP contribution in [0.5, 0.6) is 0 Å². The highest BCUT2D eigenvalue weighted by atomic mass is 35.5. The molecule has 1 aliphatic rings. The van der Waals surface area contributed by atoms with Crippen molar-refractivity contribution in [2.45, 2.75) is 23.5 Å². The van der Waals surface area contributed by atoms with Crippen LogP contribution >= 0.6 is 35.3 Å². The predicted molar refractivity (Wildman–Crippen MR) is 93.3 cm³/mol. The van der Waals surface area contributed by atoms with E-state index in [4.69, 9.17) is 16.7 Å². The lowest BCUT2D eigenvalue weighted by atomic mass is 10.2. The molecule has 1 fully saturated rings. The van der Waals surface area contributed by atoms with Gasteiger partial charge in [-0.05, 0) is 31.5 Å². The number of thiophene rings is 1. The number of carbonyl (C=O) groups is 1. The molecule has 0 bridgehead atoms. The van der Waals surface area contributed by atoms with Gasteiger partial charge in [0.05, 0.1) is 4.34 Å². The minimum absolute atomic E-state index is 0. The molecule has 2 heterocycles. The summed E-state index contributed by atoms with van der Waals surface area (Å²) in [6.45, 7) is 3.07. The van der Waals surface area contributed by atoms with Gasteiger partial charge in [-0.15, -0.1) is 23.7 Å². The van der Waals surface area contributed by atoms with Crippen LogP contribution in [0, 0.1) is 0 Å². The molecular weight excluding hydrogens is 383 g/mol. The summed E-state index contributed by atoms with van der Waals surface area (Å²) in [6.07, 6.45) is 1.66. The van der Waals surface area contributed by atoms with E-state index < -0.39 is 16.0 Å². The Kier molecular flexibility index (Phi) is 8.26. The maximum atomic E-state index is 12.4. The van der Waals surface area contributed by atoms with Gasteiger partial charge in [-0.25, -0.2) is 8.42 Å². The maximum Gasteiger partial charge on any atom is 0.303 e. The van der Waals surface area contributed by atoms with Crippen molar-refractivity contribution < 1.29 is 18.3 Å². The first-order chi connectivity index (χ1) is 10.4. The van der Waals surface area contributed by atoms with Crippen LogP contribution in [0.4, 0.5) is 0 Å². The van der Waals surface area contributed by atoms with Crippen LogP contribution in [0.15, 0.2) is 16.3 Å². The third kappa shape index (κ3) is 5.88. The second-order valence-electron chi connectivity index (χ2n) is 5.16. The normalized spacial score (nSPS) is 16.9. The van der Waals surface area contributed by atoms with Gasteiger partial charge in [-0.1, -0.05) is 11.6 Å². The van der Waals surface area contributed by atoms with Crippen molar-refractivity contribution in [3.63, 3.8) is 0 Å². The molecule has 1 aliphatic heterocycles. The number of sulfonamides is 1. The van der Waals surface area contributed by atoms with Crippen LogP contribution in [0.2, 0.25) is 4.34 Å². The molecule has 0 atom stereocenters. The fourth-order valence-corrected chi connectivity index (χ4v) is 5.43. The molecule has 1 saturated heterocycles. The number of hydrogen-bond acceptors (Lipinski definition) is 5. The maximum absolute atomic E-state index is 12.4. The molecule has 1 N–H and O–H groups in total. The van der Waals surface area contributed by atoms with Gasteiger partial charge in [-0.3, -0.25) is 4.79 Å². The van der Waals surface area contributed by atoms with E-state index in [2.05, 4.69) is 4.90 Å². The Balaban J connectivity index is 0.00000264. The summed E-state index contributed by atoms with van der Waals surface area (Å²) in [5.41, 5.74) is 0. The zero-order valence-corrected chi connectivity index (χ0v) is 15.7. The summed E-state index contributed by atoms with van der Waals surface area (Å²) in [7, 11) is -3.44. The van der Waals surface area contributed by atoms with E-state index in [-0.39, 0.29) is 23.0 Å². The van der Waals surface area contributed by atoms with E-state index >= 15 is 0 Å². The number of rotatable bonds is 7. The average Bonchev–Trinajstić information content (AvgIpc) is 2.91. The first-order valence-corrected chi connectivity index (χ1v) is 9.72. The number of piperazine rings is 1. The van der Waals surface area contributed by atoms with Crippen LogP contribution in [0.1, 0.15) is 19.3 Å². The second-order valence-corrected chi connectivity index (χ2v) is 9.03. The number of unbranched alkanes of at least 4 members (excludes halogenated alkanes) is 1. The van der Waals surface area contributed by atoms with E-state index in [9.17, 15) is 13.2 Å². The Morgan fingerprint density at radius 1 is 1.22 bits per heavy atom. The molecule has 0 spiro atoms. The van der Waals surface area contributed by atoms with Gasteiger partial charge in [0.15, 0.2) is 0 Å². The lowest BCUT2D eigenvalue weighted by molar-refractivity contribution is -0.137. The number of halogens is 2. The minimum atomic E-state index is -3.44. The molecule has 0 saturated carbocycles. The quantitative estimate of drug-likeness (QED) is 0.708. The van der Waals surface area contributed by atoms with Gasteiger partial charge in [0.1, 0.15) is 4.21 Å². The first kappa shape index (κ1) is 20.7. The fraction of sp³-hybridized carbons (Fsp3) is 0.615. The monoisotopic (exact) mass is 402 g/mol. The van der Waals surface area contributed by atoms with Gasteiger partial charge in [-0.2, -0.15) is 4.31 Å². The molecule has 0 radical (unpaired) electrons. The molecule has 0 unspecified atom stereocenters. The van der Waals surface area contributed by atoms with Crippen molar-refractivity contribution in [1.29, 1.82) is 0 Å². The topological polar surface area (TPSA) is 77.9 Å². The highest BCUT2D eigenvalue weighted by Gasteiger charge is 2.29. The number of carboxylic acid groups (broad SMARTS) is 1. The Hall–Kier alpha value is -0.380. The Bertz CT molecular complexity index is 613. The van der Waals surface area contributed by atoms with Crippen LogP contribution in [-0.2, 0) is 14.8 Å². The molecule has 0 aliphatic carbocycles. The summed E-state index contributed by atoms with van der Waals surface area (Å²) >= 11 is 6.88. The number of hydrogen-bond donors (Lipinski definition) is 1. The van der Waals surface area contributed by atoms with Gasteiger partial charge in [0, 0.05) is 32.6 Å². The van der Waals surface area contributed by atoms with Crippen LogP contribution < -0.4 is 0 Å². The molecule has 0 amide bonds. The van der Waals surface area contributed by atoms with E-state index in [0.717, 1.165) is 24.3 Å². The standard InChI is InChI=1S/C13H19ClN2O4S2.ClH/c14-11-4-5-13(21-11)22(19,20)16-9-7-15(8-10-16)6-2-1-3-12(17)18;/h4-5H,1-3,6-10H2,(H,17,18);1H. The molecule has 0 aromatic carbocycles. The molecule has 23 heavy (non-hydrogen) atoms. The average molecular weight is 403 g/mol. The van der Waals surface area contributed by atoms with Crippen molar-refractivity contribution in [2.24, 2.45) is 0 Å². The van der Waals surface area contributed by atoms with Gasteiger partial charge in [0.2, 0.25) is 0 Å². The van der Waals surface area contributed by atoms with Crippen LogP contribution in [-0.4, -0.2) is 61.4 Å². The fourth-order valence-electron chi connectivity index (χ4n) is 2.37. The van der Waals surface area contributed by atoms with E-state index in [1.807, 2.05) is 0 Å². The molecular formula is C13H20Cl2N2O4S2. The summed E-state index contributed by atoms with van der Waals surface area (Å²) < 4.78 is 27.1. The molecule has 1 aromatic heterocycles. The molecule has 132 valence electrons. The van der Waals surface area contributed by atoms with Crippen LogP contribution in [0.3, 0.4) is 0 Å². The van der Waals surface area contributed by atoms with Crippen molar-refractivity contribution in [3.8, 4) is 0 Å². The zero-order valence-electron chi connectivity index (χ0n) is 12.5. The molecule has 2 rings (SSSR count). The van der Waals surface area contributed by atoms with E-state index in [1.165, 1.54) is 4.31 Å². The van der Waals surface area contributed by atoms with Gasteiger partial charge in [0.25, 0.3) is 10.0 Å². The first-order valence-electron chi connectivity index (χ1n) is 7.09. The van der Waals surface area contributed by atoms with Gasteiger partial charge < -0.3 is 10.0 Å². The predicted octanol–water partition coefficient (Wildman–Crippen LogP) is 2.38. The summed E-state index contributed by atoms with van der Waals surface area (Å²) in [6, 6.07) is 3.14. The third-order valence-electron chi connectivity index (χ3n) is 3.59. The van der Waals surface area contributed by atoms with E-state index in [1.54, 1.807) is 12.1 Å². The Morgan fingerprint density at radius 3 is 2.39 bits per heavy atom. The summed E-state index contributed by atoms with van der Waals surface area (Å²) in [5, 5.41) is 8.59. The number of aliphatic carboxylic acids is 1. The number of carboxylic acids is 1. The molecule has 6 nitrogen and oxygen atoms in total. The van der Waals surface area contributed by atoms with E-state index in [0.29, 0.717) is 36.9 Å². The smallest absolute Gasteiger partial charge is 0.303 e.